The van der Waals surface area contributed by atoms with Gasteiger partial charge in [0.25, 0.3) is 0 Å². The van der Waals surface area contributed by atoms with E-state index in [4.69, 9.17) is 30.6 Å². The first-order chi connectivity index (χ1) is 5.54. The average Bonchev–Trinajstić information content (AvgIpc) is 2.12. The highest BCUT2D eigenvalue weighted by Crippen LogP contribution is 2.03. The van der Waals surface area contributed by atoms with E-state index in [0.29, 0.717) is 0 Å². The van der Waals surface area contributed by atoms with Crippen molar-refractivity contribution in [1.82, 2.24) is 0 Å². The van der Waals surface area contributed by atoms with Gasteiger partial charge in [-0.15, -0.1) is 0 Å². The quantitative estimate of drug-likeness (QED) is 0.284. The molecule has 0 fully saturated rings. The topological polar surface area (TPSA) is 121 Å². The molecule has 6 nitrogen and oxygen atoms in total. The summed E-state index contributed by atoms with van der Waals surface area (Å²) in [7, 11) is 0. The molecule has 0 aromatic carbocycles. The second-order valence-corrected chi connectivity index (χ2v) is 2.48. The molecule has 0 saturated carbocycles. The van der Waals surface area contributed by atoms with Crippen LogP contribution < -0.4 is 0 Å². The maximum atomic E-state index is 8.96. The van der Waals surface area contributed by atoms with Crippen molar-refractivity contribution in [2.24, 2.45) is 0 Å². The first-order valence-corrected chi connectivity index (χ1v) is 3.48. The zero-order valence-corrected chi connectivity index (χ0v) is 7.91. The third-order valence-electron chi connectivity index (χ3n) is 1.51. The minimum absolute atomic E-state index is 0. The summed E-state index contributed by atoms with van der Waals surface area (Å²) in [5.74, 6) is 0. The van der Waals surface area contributed by atoms with E-state index in [-0.39, 0.29) is 13.5 Å². The van der Waals surface area contributed by atoms with Crippen molar-refractivity contribution >= 4 is 13.5 Å². The molecular formula is C6H16O6S. The van der Waals surface area contributed by atoms with E-state index in [9.17, 15) is 0 Å². The van der Waals surface area contributed by atoms with Crippen molar-refractivity contribution in [2.75, 3.05) is 13.2 Å². The van der Waals surface area contributed by atoms with Gasteiger partial charge in [0.1, 0.15) is 24.4 Å². The highest BCUT2D eigenvalue weighted by Gasteiger charge is 2.29. The lowest BCUT2D eigenvalue weighted by atomic mass is 10.0. The molecule has 7 heteroatoms. The summed E-state index contributed by atoms with van der Waals surface area (Å²) < 4.78 is 0. The summed E-state index contributed by atoms with van der Waals surface area (Å²) in [6.45, 7) is -1.45. The number of rotatable bonds is 5. The molecule has 13 heavy (non-hydrogen) atoms. The normalized spacial score (nSPS) is 19.8. The standard InChI is InChI=1S/C6H14O6.H2S/c7-1-3(9)5(11)6(12)4(10)2-8;/h3-12H,1-2H2;1H2. The lowest BCUT2D eigenvalue weighted by Gasteiger charge is -2.24. The molecule has 4 atom stereocenters. The average molecular weight is 216 g/mol. The van der Waals surface area contributed by atoms with Crippen LogP contribution in [0.3, 0.4) is 0 Å². The van der Waals surface area contributed by atoms with E-state index < -0.39 is 37.6 Å². The molecule has 0 heterocycles. The predicted octanol–water partition coefficient (Wildman–Crippen LogP) is -3.47. The van der Waals surface area contributed by atoms with Gasteiger partial charge in [-0.2, -0.15) is 13.5 Å². The van der Waals surface area contributed by atoms with Gasteiger partial charge < -0.3 is 30.6 Å². The molecule has 82 valence electrons. The van der Waals surface area contributed by atoms with Crippen LogP contribution in [0.5, 0.6) is 0 Å². The van der Waals surface area contributed by atoms with E-state index in [0.717, 1.165) is 0 Å². The Hall–Kier alpha value is 0.110. The molecule has 0 aromatic rings. The fraction of sp³-hybridized carbons (Fsp3) is 1.00. The Morgan fingerprint density at radius 3 is 1.08 bits per heavy atom. The molecule has 0 aromatic heterocycles. The fourth-order valence-corrected chi connectivity index (χ4v) is 0.671. The lowest BCUT2D eigenvalue weighted by molar-refractivity contribution is -0.123. The van der Waals surface area contributed by atoms with Crippen molar-refractivity contribution in [3.8, 4) is 0 Å². The van der Waals surface area contributed by atoms with Crippen LogP contribution in [-0.4, -0.2) is 68.3 Å². The van der Waals surface area contributed by atoms with Crippen LogP contribution in [-0.2, 0) is 0 Å². The van der Waals surface area contributed by atoms with Gasteiger partial charge in [-0.1, -0.05) is 0 Å². The molecule has 0 aliphatic heterocycles. The third-order valence-corrected chi connectivity index (χ3v) is 1.51. The fourth-order valence-electron chi connectivity index (χ4n) is 0.671. The maximum Gasteiger partial charge on any atom is 0.111 e. The molecule has 0 radical (unpaired) electrons. The zero-order valence-electron chi connectivity index (χ0n) is 6.91. The van der Waals surface area contributed by atoms with Crippen LogP contribution in [0.15, 0.2) is 0 Å². The van der Waals surface area contributed by atoms with E-state index in [1.807, 2.05) is 0 Å². The Bertz CT molecular complexity index is 110. The Morgan fingerprint density at radius 2 is 0.923 bits per heavy atom. The second kappa shape index (κ2) is 7.51. The minimum Gasteiger partial charge on any atom is -0.394 e. The lowest BCUT2D eigenvalue weighted by Crippen LogP contribution is -2.46. The summed E-state index contributed by atoms with van der Waals surface area (Å²) >= 11 is 0. The summed E-state index contributed by atoms with van der Waals surface area (Å²) in [4.78, 5) is 0. The van der Waals surface area contributed by atoms with Crippen LogP contribution in [0.4, 0.5) is 0 Å². The second-order valence-electron chi connectivity index (χ2n) is 2.48. The van der Waals surface area contributed by atoms with E-state index in [2.05, 4.69) is 0 Å². The molecule has 0 aliphatic carbocycles. The van der Waals surface area contributed by atoms with Crippen molar-refractivity contribution in [3.05, 3.63) is 0 Å². The Morgan fingerprint density at radius 1 is 0.692 bits per heavy atom. The molecule has 0 bridgehead atoms. The van der Waals surface area contributed by atoms with Crippen LogP contribution in [0, 0.1) is 0 Å². The highest BCUT2D eigenvalue weighted by atomic mass is 32.1. The SMILES string of the molecule is OCC(O)C(O)C(O)C(O)CO.S. The zero-order chi connectivity index (χ0) is 9.72. The van der Waals surface area contributed by atoms with Gasteiger partial charge in [-0.05, 0) is 0 Å². The third kappa shape index (κ3) is 4.77. The molecule has 0 amide bonds. The summed E-state index contributed by atoms with van der Waals surface area (Å²) in [5, 5.41) is 52.2. The summed E-state index contributed by atoms with van der Waals surface area (Å²) in [5.41, 5.74) is 0. The number of hydrogen-bond donors (Lipinski definition) is 6. The monoisotopic (exact) mass is 216 g/mol. The largest absolute Gasteiger partial charge is 0.394 e. The van der Waals surface area contributed by atoms with Gasteiger partial charge in [0.2, 0.25) is 0 Å². The number of hydrogen-bond acceptors (Lipinski definition) is 6. The van der Waals surface area contributed by atoms with Crippen molar-refractivity contribution < 1.29 is 30.6 Å². The van der Waals surface area contributed by atoms with E-state index >= 15 is 0 Å². The predicted molar refractivity (Wildman–Crippen MR) is 48.6 cm³/mol. The number of aliphatic hydroxyl groups excluding tert-OH is 6. The Balaban J connectivity index is 0. The molecular weight excluding hydrogens is 200 g/mol. The van der Waals surface area contributed by atoms with Crippen molar-refractivity contribution in [2.45, 2.75) is 24.4 Å². The van der Waals surface area contributed by atoms with Gasteiger partial charge in [0.15, 0.2) is 0 Å². The Labute approximate surface area is 82.5 Å². The molecule has 4 unspecified atom stereocenters. The first kappa shape index (κ1) is 15.6. The summed E-state index contributed by atoms with van der Waals surface area (Å²) in [6, 6.07) is 0. The molecule has 0 rings (SSSR count). The van der Waals surface area contributed by atoms with Crippen LogP contribution >= 0.6 is 13.5 Å². The molecule has 0 aliphatic rings. The van der Waals surface area contributed by atoms with Crippen LogP contribution in [0.1, 0.15) is 0 Å². The highest BCUT2D eigenvalue weighted by molar-refractivity contribution is 7.59. The Kier molecular flexibility index (Phi) is 9.00. The van der Waals surface area contributed by atoms with Gasteiger partial charge in [0.05, 0.1) is 13.2 Å². The van der Waals surface area contributed by atoms with Crippen molar-refractivity contribution in [3.63, 3.8) is 0 Å². The smallest absolute Gasteiger partial charge is 0.111 e. The van der Waals surface area contributed by atoms with Gasteiger partial charge in [-0.3, -0.25) is 0 Å². The van der Waals surface area contributed by atoms with E-state index in [1.165, 1.54) is 0 Å². The minimum atomic E-state index is -1.67. The van der Waals surface area contributed by atoms with Gasteiger partial charge in [0, 0.05) is 0 Å². The maximum absolute atomic E-state index is 8.96. The van der Waals surface area contributed by atoms with E-state index in [1.54, 1.807) is 0 Å². The molecule has 0 spiro atoms. The number of aliphatic hydroxyl groups is 6. The van der Waals surface area contributed by atoms with Gasteiger partial charge in [-0.25, -0.2) is 0 Å². The van der Waals surface area contributed by atoms with Crippen molar-refractivity contribution in [1.29, 1.82) is 0 Å². The summed E-state index contributed by atoms with van der Waals surface area (Å²) in [6.07, 6.45) is -6.39. The molecule has 0 saturated heterocycles. The molecule has 6 N–H and O–H groups in total. The van der Waals surface area contributed by atoms with Gasteiger partial charge >= 0.3 is 0 Å². The van der Waals surface area contributed by atoms with Crippen LogP contribution in [0.2, 0.25) is 0 Å². The van der Waals surface area contributed by atoms with Crippen LogP contribution in [0.25, 0.3) is 0 Å². The first-order valence-electron chi connectivity index (χ1n) is 3.48.